The molecule has 3 rings (SSSR count). The fourth-order valence-corrected chi connectivity index (χ4v) is 6.49. The van der Waals surface area contributed by atoms with Crippen LogP contribution in [0.4, 0.5) is 4.79 Å². The number of carboxylic acids is 1. The number of aliphatic carboxylic acids is 1. The van der Waals surface area contributed by atoms with Gasteiger partial charge in [-0.2, -0.15) is 0 Å². The van der Waals surface area contributed by atoms with E-state index in [0.29, 0.717) is 25.8 Å². The van der Waals surface area contributed by atoms with E-state index in [1.165, 1.54) is 83.5 Å². The SMILES string of the molecule is CCCCCCCCCCCCCCCCCC(=O)NCCCCC(NC(=O)OCC1c2ccccc2-c2ccccc21)C(=O)O. The van der Waals surface area contributed by atoms with Gasteiger partial charge in [0.2, 0.25) is 5.91 Å². The van der Waals surface area contributed by atoms with Crippen LogP contribution in [-0.4, -0.2) is 42.3 Å². The quantitative estimate of drug-likeness (QED) is 0.0944. The van der Waals surface area contributed by atoms with E-state index in [9.17, 15) is 19.5 Å². The summed E-state index contributed by atoms with van der Waals surface area (Å²) in [5, 5.41) is 15.1. The summed E-state index contributed by atoms with van der Waals surface area (Å²) in [7, 11) is 0. The van der Waals surface area contributed by atoms with Gasteiger partial charge in [-0.3, -0.25) is 4.79 Å². The Balaban J connectivity index is 1.17. The van der Waals surface area contributed by atoms with Crippen molar-refractivity contribution >= 4 is 18.0 Å². The number of carbonyl (C=O) groups excluding carboxylic acids is 2. The highest BCUT2D eigenvalue weighted by molar-refractivity contribution is 5.81. The van der Waals surface area contributed by atoms with Crippen LogP contribution in [0.1, 0.15) is 146 Å². The van der Waals surface area contributed by atoms with Gasteiger partial charge in [-0.25, -0.2) is 9.59 Å². The summed E-state index contributed by atoms with van der Waals surface area (Å²) in [6.45, 7) is 2.91. The maximum Gasteiger partial charge on any atom is 0.407 e. The Labute approximate surface area is 277 Å². The Hall–Kier alpha value is -3.35. The van der Waals surface area contributed by atoms with Crippen molar-refractivity contribution in [3.8, 4) is 11.1 Å². The predicted octanol–water partition coefficient (Wildman–Crippen LogP) is 9.53. The molecular formula is C39H58N2O5. The molecule has 0 spiro atoms. The first kappa shape index (κ1) is 37.1. The third kappa shape index (κ3) is 13.6. The van der Waals surface area contributed by atoms with Crippen LogP contribution >= 0.6 is 0 Å². The minimum atomic E-state index is -1.09. The number of hydrogen-bond donors (Lipinski definition) is 3. The molecule has 0 radical (unpaired) electrons. The lowest BCUT2D eigenvalue weighted by atomic mass is 9.98. The number of benzene rings is 2. The van der Waals surface area contributed by atoms with Crippen LogP contribution in [0.2, 0.25) is 0 Å². The summed E-state index contributed by atoms with van der Waals surface area (Å²) in [6.07, 6.45) is 20.8. The summed E-state index contributed by atoms with van der Waals surface area (Å²) < 4.78 is 5.51. The Bertz CT molecular complexity index is 1140. The van der Waals surface area contributed by atoms with E-state index >= 15 is 0 Å². The normalized spacial score (nSPS) is 12.7. The number of ether oxygens (including phenoxy) is 1. The van der Waals surface area contributed by atoms with Gasteiger partial charge in [0.05, 0.1) is 0 Å². The Morgan fingerprint density at radius 3 is 1.72 bits per heavy atom. The molecule has 2 aromatic carbocycles. The van der Waals surface area contributed by atoms with Crippen molar-refractivity contribution in [2.24, 2.45) is 0 Å². The Kier molecular flexibility index (Phi) is 17.9. The van der Waals surface area contributed by atoms with E-state index in [-0.39, 0.29) is 24.9 Å². The summed E-state index contributed by atoms with van der Waals surface area (Å²) in [5.74, 6) is -1.12. The molecule has 0 saturated heterocycles. The number of amides is 2. The van der Waals surface area contributed by atoms with E-state index in [0.717, 1.165) is 35.1 Å². The lowest BCUT2D eigenvalue weighted by Crippen LogP contribution is -2.41. The van der Waals surface area contributed by atoms with Crippen molar-refractivity contribution in [1.82, 2.24) is 10.6 Å². The highest BCUT2D eigenvalue weighted by Crippen LogP contribution is 2.44. The molecule has 1 aliphatic rings. The number of unbranched alkanes of at least 4 members (excludes halogenated alkanes) is 15. The van der Waals surface area contributed by atoms with Crippen LogP contribution in [0, 0.1) is 0 Å². The summed E-state index contributed by atoms with van der Waals surface area (Å²) in [5.41, 5.74) is 4.48. The molecule has 1 unspecified atom stereocenters. The Morgan fingerprint density at radius 2 is 1.20 bits per heavy atom. The fourth-order valence-electron chi connectivity index (χ4n) is 6.49. The van der Waals surface area contributed by atoms with Crippen LogP contribution in [-0.2, 0) is 14.3 Å². The first-order valence-electron chi connectivity index (χ1n) is 18.1. The molecule has 0 fully saturated rings. The molecule has 7 nitrogen and oxygen atoms in total. The van der Waals surface area contributed by atoms with E-state index in [1.807, 2.05) is 36.4 Å². The van der Waals surface area contributed by atoms with Gasteiger partial charge in [-0.05, 0) is 47.9 Å². The average molecular weight is 635 g/mol. The predicted molar refractivity (Wildman–Crippen MR) is 186 cm³/mol. The summed E-state index contributed by atoms with van der Waals surface area (Å²) >= 11 is 0. The molecule has 7 heteroatoms. The third-order valence-electron chi connectivity index (χ3n) is 9.18. The van der Waals surface area contributed by atoms with Crippen LogP contribution in [0.3, 0.4) is 0 Å². The molecule has 46 heavy (non-hydrogen) atoms. The maximum absolute atomic E-state index is 12.5. The molecule has 0 heterocycles. The third-order valence-corrected chi connectivity index (χ3v) is 9.18. The molecule has 0 aromatic heterocycles. The van der Waals surface area contributed by atoms with Crippen molar-refractivity contribution in [3.63, 3.8) is 0 Å². The molecule has 254 valence electrons. The van der Waals surface area contributed by atoms with Gasteiger partial charge >= 0.3 is 12.1 Å². The van der Waals surface area contributed by atoms with Crippen molar-refractivity contribution in [2.45, 2.75) is 141 Å². The van der Waals surface area contributed by atoms with Crippen molar-refractivity contribution in [3.05, 3.63) is 59.7 Å². The zero-order valence-corrected chi connectivity index (χ0v) is 28.2. The number of carboxylic acid groups (broad SMARTS) is 1. The Morgan fingerprint density at radius 1 is 0.696 bits per heavy atom. The van der Waals surface area contributed by atoms with Crippen molar-refractivity contribution in [2.75, 3.05) is 13.2 Å². The van der Waals surface area contributed by atoms with E-state index < -0.39 is 18.1 Å². The lowest BCUT2D eigenvalue weighted by molar-refractivity contribution is -0.139. The van der Waals surface area contributed by atoms with E-state index in [4.69, 9.17) is 4.74 Å². The molecule has 1 atom stereocenters. The summed E-state index contributed by atoms with van der Waals surface area (Å²) in [6, 6.07) is 15.1. The number of hydrogen-bond acceptors (Lipinski definition) is 4. The van der Waals surface area contributed by atoms with Crippen molar-refractivity contribution < 1.29 is 24.2 Å². The molecule has 2 aromatic rings. The van der Waals surface area contributed by atoms with Gasteiger partial charge < -0.3 is 20.5 Å². The first-order chi connectivity index (χ1) is 22.5. The highest BCUT2D eigenvalue weighted by Gasteiger charge is 2.29. The number of carbonyl (C=O) groups is 3. The van der Waals surface area contributed by atoms with Gasteiger partial charge in [0.15, 0.2) is 0 Å². The van der Waals surface area contributed by atoms with E-state index in [2.05, 4.69) is 29.7 Å². The summed E-state index contributed by atoms with van der Waals surface area (Å²) in [4.78, 5) is 36.5. The second-order valence-corrected chi connectivity index (χ2v) is 12.9. The van der Waals surface area contributed by atoms with Crippen LogP contribution in [0.5, 0.6) is 0 Å². The number of alkyl carbamates (subject to hydrolysis) is 1. The zero-order valence-electron chi connectivity index (χ0n) is 28.2. The van der Waals surface area contributed by atoms with Gasteiger partial charge in [0, 0.05) is 18.9 Å². The van der Waals surface area contributed by atoms with Crippen LogP contribution in [0.15, 0.2) is 48.5 Å². The highest BCUT2D eigenvalue weighted by atomic mass is 16.5. The molecule has 3 N–H and O–H groups in total. The van der Waals surface area contributed by atoms with Gasteiger partial charge in [0.25, 0.3) is 0 Å². The molecule has 2 amide bonds. The molecular weight excluding hydrogens is 576 g/mol. The second-order valence-electron chi connectivity index (χ2n) is 12.9. The van der Waals surface area contributed by atoms with Gasteiger partial charge in [0.1, 0.15) is 12.6 Å². The minimum Gasteiger partial charge on any atom is -0.480 e. The number of rotatable bonds is 25. The maximum atomic E-state index is 12.5. The minimum absolute atomic E-state index is 0.0567. The smallest absolute Gasteiger partial charge is 0.407 e. The van der Waals surface area contributed by atoms with Gasteiger partial charge in [-0.15, -0.1) is 0 Å². The fraction of sp³-hybridized carbons (Fsp3) is 0.615. The molecule has 1 aliphatic carbocycles. The largest absolute Gasteiger partial charge is 0.480 e. The first-order valence-corrected chi connectivity index (χ1v) is 18.1. The van der Waals surface area contributed by atoms with Gasteiger partial charge in [-0.1, -0.05) is 145 Å². The molecule has 0 saturated carbocycles. The zero-order chi connectivity index (χ0) is 32.8. The van der Waals surface area contributed by atoms with Crippen molar-refractivity contribution in [1.29, 1.82) is 0 Å². The number of fused-ring (bicyclic) bond motifs is 3. The van der Waals surface area contributed by atoms with E-state index in [1.54, 1.807) is 0 Å². The monoisotopic (exact) mass is 634 g/mol. The standard InChI is InChI=1S/C39H58N2O5/c1-2-3-4-5-6-7-8-9-10-11-12-13-14-15-16-28-37(42)40-29-22-21-27-36(38(43)44)41-39(45)46-30-35-33-25-19-17-23-31(33)32-24-18-20-26-34(32)35/h17-20,23-26,35-36H,2-16,21-22,27-30H2,1H3,(H,40,42)(H,41,45)(H,43,44). The lowest BCUT2D eigenvalue weighted by Gasteiger charge is -2.17. The molecule has 0 bridgehead atoms. The molecule has 0 aliphatic heterocycles. The number of nitrogens with one attached hydrogen (secondary N) is 2. The second kappa shape index (κ2) is 22.2. The van der Waals surface area contributed by atoms with Crippen LogP contribution in [0.25, 0.3) is 11.1 Å². The topological polar surface area (TPSA) is 105 Å². The van der Waals surface area contributed by atoms with Crippen LogP contribution < -0.4 is 10.6 Å². The average Bonchev–Trinajstić information content (AvgIpc) is 3.38.